The highest BCUT2D eigenvalue weighted by molar-refractivity contribution is 6.02. The van der Waals surface area contributed by atoms with Gasteiger partial charge in [-0.05, 0) is 65.1 Å². The summed E-state index contributed by atoms with van der Waals surface area (Å²) in [6.07, 6.45) is 5.76. The SMILES string of the molecule is CC/C(=C(/c1ccc(OCCNC/C=C/C(=O)N(C)C)cc1)c1ccc(N)c(C(=N)F)c1)c1ccccn1.[HH].[HH]. The van der Waals surface area contributed by atoms with Crippen LogP contribution in [-0.4, -0.2) is 55.5 Å². The number of ether oxygens (including phenoxy) is 1. The third-order valence-corrected chi connectivity index (χ3v) is 5.86. The van der Waals surface area contributed by atoms with Crippen molar-refractivity contribution in [3.05, 3.63) is 101 Å². The van der Waals surface area contributed by atoms with Crippen molar-refractivity contribution >= 4 is 28.7 Å². The Kier molecular flexibility index (Phi) is 10.3. The second-order valence-corrected chi connectivity index (χ2v) is 8.75. The molecule has 3 aromatic rings. The molecule has 0 fully saturated rings. The van der Waals surface area contributed by atoms with Gasteiger partial charge in [0.25, 0.3) is 0 Å². The van der Waals surface area contributed by atoms with Gasteiger partial charge in [0.2, 0.25) is 11.9 Å². The summed E-state index contributed by atoms with van der Waals surface area (Å²) in [5.74, 6) is -0.409. The highest BCUT2D eigenvalue weighted by Gasteiger charge is 2.16. The third-order valence-electron chi connectivity index (χ3n) is 5.86. The maximum atomic E-state index is 13.9. The van der Waals surface area contributed by atoms with Crippen molar-refractivity contribution in [3.8, 4) is 5.75 Å². The molecule has 0 atom stereocenters. The van der Waals surface area contributed by atoms with Gasteiger partial charge in [-0.3, -0.25) is 15.2 Å². The van der Waals surface area contributed by atoms with Crippen LogP contribution in [0, 0.1) is 5.41 Å². The van der Waals surface area contributed by atoms with E-state index >= 15 is 0 Å². The third kappa shape index (κ3) is 7.60. The number of hydrogen-bond acceptors (Lipinski definition) is 6. The van der Waals surface area contributed by atoms with Gasteiger partial charge in [-0.15, -0.1) is 0 Å². The molecule has 4 N–H and O–H groups in total. The van der Waals surface area contributed by atoms with E-state index in [1.165, 1.54) is 11.0 Å². The summed E-state index contributed by atoms with van der Waals surface area (Å²) in [6, 6.07) is 18.5. The molecule has 0 aliphatic heterocycles. The molecule has 2 aromatic carbocycles. The van der Waals surface area contributed by atoms with Crippen LogP contribution < -0.4 is 15.8 Å². The summed E-state index contributed by atoms with van der Waals surface area (Å²) < 4.78 is 19.8. The van der Waals surface area contributed by atoms with Crippen LogP contribution in [0.1, 0.15) is 38.6 Å². The maximum absolute atomic E-state index is 13.9. The molecule has 1 aromatic heterocycles. The van der Waals surface area contributed by atoms with Crippen molar-refractivity contribution in [2.24, 2.45) is 0 Å². The van der Waals surface area contributed by atoms with Crippen molar-refractivity contribution < 1.29 is 16.8 Å². The van der Waals surface area contributed by atoms with Crippen LogP contribution in [0.4, 0.5) is 10.1 Å². The van der Waals surface area contributed by atoms with Gasteiger partial charge in [0.15, 0.2) is 0 Å². The standard InChI is InChI=1S/C30H34FN5O2.2H2/c1-4-24(27-8-5-6-17-35-27)29(22-12-15-26(32)25(20-22)30(31)33)21-10-13-23(14-11-21)38-19-18-34-16-7-9-28(37)36(2)3;;/h5-15,17,20,33-34H,4,16,18-19,32H2,1-3H3;2*1H/b9-7+,29-24+,33-30?;;. The van der Waals surface area contributed by atoms with Crippen molar-refractivity contribution in [3.63, 3.8) is 0 Å². The number of halogens is 1. The second-order valence-electron chi connectivity index (χ2n) is 8.75. The van der Waals surface area contributed by atoms with Crippen LogP contribution in [-0.2, 0) is 4.79 Å². The number of aromatic nitrogens is 1. The largest absolute Gasteiger partial charge is 0.492 e. The summed E-state index contributed by atoms with van der Waals surface area (Å²) in [6.45, 7) is 3.71. The lowest BCUT2D eigenvalue weighted by molar-refractivity contribution is -0.123. The number of nitrogens with one attached hydrogen (secondary N) is 2. The number of anilines is 1. The van der Waals surface area contributed by atoms with E-state index in [9.17, 15) is 9.18 Å². The number of nitrogens with zero attached hydrogens (tertiary/aromatic N) is 2. The van der Waals surface area contributed by atoms with Crippen molar-refractivity contribution in [1.29, 1.82) is 5.41 Å². The van der Waals surface area contributed by atoms with Crippen LogP contribution in [0.15, 0.2) is 79.0 Å². The predicted octanol–water partition coefficient (Wildman–Crippen LogP) is 5.43. The van der Waals surface area contributed by atoms with Gasteiger partial charge in [0.05, 0.1) is 11.3 Å². The number of nitrogens with two attached hydrogens (primary N) is 1. The fourth-order valence-corrected chi connectivity index (χ4v) is 3.90. The van der Waals surface area contributed by atoms with Gasteiger partial charge in [-0.25, -0.2) is 0 Å². The molecule has 38 heavy (non-hydrogen) atoms. The van der Waals surface area contributed by atoms with Gasteiger partial charge in [-0.2, -0.15) is 4.39 Å². The average Bonchev–Trinajstić information content (AvgIpc) is 2.92. The van der Waals surface area contributed by atoms with Crippen molar-refractivity contribution in [2.45, 2.75) is 13.3 Å². The molecule has 0 aliphatic rings. The smallest absolute Gasteiger partial charge is 0.245 e. The average molecular weight is 520 g/mol. The summed E-state index contributed by atoms with van der Waals surface area (Å²) in [4.78, 5) is 17.6. The number of pyridine rings is 1. The minimum Gasteiger partial charge on any atom is -0.492 e. The molecule has 0 saturated heterocycles. The summed E-state index contributed by atoms with van der Waals surface area (Å²) in [5.41, 5.74) is 10.6. The summed E-state index contributed by atoms with van der Waals surface area (Å²) in [5, 5.41) is 10.7. The Morgan fingerprint density at radius 1 is 1.16 bits per heavy atom. The van der Waals surface area contributed by atoms with Gasteiger partial charge >= 0.3 is 0 Å². The van der Waals surface area contributed by atoms with Crippen LogP contribution in [0.2, 0.25) is 0 Å². The number of nitrogen functional groups attached to an aromatic ring is 1. The quantitative estimate of drug-likeness (QED) is 0.128. The first-order valence-electron chi connectivity index (χ1n) is 12.4. The first-order chi connectivity index (χ1) is 18.3. The van der Waals surface area contributed by atoms with Gasteiger partial charge < -0.3 is 20.7 Å². The highest BCUT2D eigenvalue weighted by Crippen LogP contribution is 2.35. The number of likely N-dealkylation sites (N-methyl/N-ethyl adjacent to an activating group) is 1. The van der Waals surface area contributed by atoms with Gasteiger partial charge in [0, 0.05) is 48.0 Å². The number of carbonyl (C=O) groups excluding carboxylic acids is 1. The summed E-state index contributed by atoms with van der Waals surface area (Å²) in [7, 11) is 3.42. The lowest BCUT2D eigenvalue weighted by Gasteiger charge is -2.17. The number of rotatable bonds is 12. The van der Waals surface area contributed by atoms with E-state index in [0.29, 0.717) is 31.9 Å². The van der Waals surface area contributed by atoms with Crippen molar-refractivity contribution in [2.75, 3.05) is 39.5 Å². The Balaban J connectivity index is 0.00000400. The van der Waals surface area contributed by atoms with Gasteiger partial charge in [0.1, 0.15) is 12.4 Å². The van der Waals surface area contributed by atoms with Crippen LogP contribution in [0.5, 0.6) is 5.75 Å². The van der Waals surface area contributed by atoms with E-state index in [2.05, 4.69) is 17.2 Å². The minimum absolute atomic E-state index is 0. The lowest BCUT2D eigenvalue weighted by Crippen LogP contribution is -2.22. The molecule has 1 amide bonds. The van der Waals surface area contributed by atoms with E-state index in [1.54, 1.807) is 38.5 Å². The molecular weight excluding hydrogens is 481 g/mol. The molecule has 3 rings (SSSR count). The number of carbonyl (C=O) groups is 1. The van der Waals surface area contributed by atoms with Crippen LogP contribution in [0.3, 0.4) is 0 Å². The Morgan fingerprint density at radius 3 is 2.53 bits per heavy atom. The van der Waals surface area contributed by atoms with E-state index in [-0.39, 0.29) is 20.0 Å². The maximum Gasteiger partial charge on any atom is 0.245 e. The van der Waals surface area contributed by atoms with Crippen molar-refractivity contribution in [1.82, 2.24) is 15.2 Å². The molecule has 8 heteroatoms. The molecule has 0 aliphatic carbocycles. The predicted molar refractivity (Wildman–Crippen MR) is 156 cm³/mol. The number of benzene rings is 2. The first kappa shape index (κ1) is 28.3. The molecular formula is C30H38FN5O2. The molecule has 0 radical (unpaired) electrons. The van der Waals surface area contributed by atoms with E-state index in [0.717, 1.165) is 28.0 Å². The van der Waals surface area contributed by atoms with Gasteiger partial charge in [-0.1, -0.05) is 37.3 Å². The number of hydrogen-bond donors (Lipinski definition) is 3. The Labute approximate surface area is 226 Å². The monoisotopic (exact) mass is 519 g/mol. The van der Waals surface area contributed by atoms with E-state index < -0.39 is 5.97 Å². The zero-order valence-electron chi connectivity index (χ0n) is 22.0. The minimum atomic E-state index is -1.07. The topological polar surface area (TPSA) is 104 Å². The molecule has 202 valence electrons. The molecule has 0 saturated carbocycles. The number of amides is 1. The fourth-order valence-electron chi connectivity index (χ4n) is 3.90. The normalized spacial score (nSPS) is 11.8. The number of allylic oxidation sites excluding steroid dienone is 1. The first-order valence-corrected chi connectivity index (χ1v) is 12.4. The second kappa shape index (κ2) is 13.9. The molecule has 7 nitrogen and oxygen atoms in total. The zero-order chi connectivity index (χ0) is 27.5. The Bertz CT molecular complexity index is 1310. The molecule has 1 heterocycles. The molecule has 0 bridgehead atoms. The Hall–Kier alpha value is -4.30. The lowest BCUT2D eigenvalue weighted by atomic mass is 9.89. The van der Waals surface area contributed by atoms with Crippen LogP contribution >= 0.6 is 0 Å². The summed E-state index contributed by atoms with van der Waals surface area (Å²) >= 11 is 0. The van der Waals surface area contributed by atoms with Crippen LogP contribution in [0.25, 0.3) is 11.1 Å². The zero-order valence-corrected chi connectivity index (χ0v) is 22.0. The van der Waals surface area contributed by atoms with E-state index in [1.807, 2.05) is 48.5 Å². The Morgan fingerprint density at radius 2 is 1.89 bits per heavy atom. The van der Waals surface area contributed by atoms with E-state index in [4.69, 9.17) is 15.9 Å². The molecule has 0 unspecified atom stereocenters. The highest BCUT2D eigenvalue weighted by atomic mass is 19.1. The molecule has 0 spiro atoms. The fraction of sp³-hybridized carbons (Fsp3) is 0.233.